The van der Waals surface area contributed by atoms with Crippen LogP contribution >= 0.6 is 11.8 Å². The molecular formula is C11H17N3O2S. The maximum Gasteiger partial charge on any atom is 0.325 e. The van der Waals surface area contributed by atoms with E-state index in [-0.39, 0.29) is 5.97 Å². The van der Waals surface area contributed by atoms with E-state index in [0.717, 1.165) is 10.8 Å². The van der Waals surface area contributed by atoms with Gasteiger partial charge in [-0.25, -0.2) is 4.98 Å². The highest BCUT2D eigenvalue weighted by molar-refractivity contribution is 7.99. The number of nitrogens with one attached hydrogen (secondary N) is 1. The van der Waals surface area contributed by atoms with E-state index in [0.29, 0.717) is 6.42 Å². The number of likely N-dealkylation sites (N-methyl/N-ethyl adjacent to an activating group) is 1. The van der Waals surface area contributed by atoms with Gasteiger partial charge in [0, 0.05) is 18.1 Å². The zero-order chi connectivity index (χ0) is 12.7. The number of rotatable bonds is 6. The third-order valence-electron chi connectivity index (χ3n) is 2.58. The highest BCUT2D eigenvalue weighted by atomic mass is 32.2. The third-order valence-corrected chi connectivity index (χ3v) is 3.49. The van der Waals surface area contributed by atoms with Gasteiger partial charge in [-0.3, -0.25) is 9.78 Å². The second-order valence-electron chi connectivity index (χ2n) is 3.72. The minimum atomic E-state index is -0.649. The van der Waals surface area contributed by atoms with Crippen molar-refractivity contribution in [3.63, 3.8) is 0 Å². The van der Waals surface area contributed by atoms with Gasteiger partial charge in [0.05, 0.1) is 13.3 Å². The lowest BCUT2D eigenvalue weighted by Gasteiger charge is -2.25. The molecule has 94 valence electrons. The van der Waals surface area contributed by atoms with Crippen LogP contribution in [0.2, 0.25) is 0 Å². The summed E-state index contributed by atoms with van der Waals surface area (Å²) < 4.78 is 4.77. The Bertz CT molecular complexity index is 361. The van der Waals surface area contributed by atoms with Gasteiger partial charge in [0.25, 0.3) is 0 Å². The lowest BCUT2D eigenvalue weighted by atomic mass is 10.00. The Morgan fingerprint density at radius 2 is 2.35 bits per heavy atom. The number of methoxy groups -OCH3 is 1. The van der Waals surface area contributed by atoms with Crippen molar-refractivity contribution >= 4 is 17.7 Å². The summed E-state index contributed by atoms with van der Waals surface area (Å²) >= 11 is 1.57. The van der Waals surface area contributed by atoms with Crippen LogP contribution in [0.15, 0.2) is 23.6 Å². The average Bonchev–Trinajstić information content (AvgIpc) is 2.38. The molecule has 0 bridgehead atoms. The standard InChI is InChI=1S/C11H17N3O2S/c1-11(12-2,10(15)16-3)4-7-17-9-8-13-5-6-14-9/h5-6,8,12H,4,7H2,1-3H3. The summed E-state index contributed by atoms with van der Waals surface area (Å²) in [6, 6.07) is 0. The van der Waals surface area contributed by atoms with Crippen molar-refractivity contribution in [1.82, 2.24) is 15.3 Å². The smallest absolute Gasteiger partial charge is 0.325 e. The quantitative estimate of drug-likeness (QED) is 0.607. The van der Waals surface area contributed by atoms with Crippen LogP contribution in [-0.4, -0.2) is 41.4 Å². The average molecular weight is 255 g/mol. The first kappa shape index (κ1) is 13.9. The van der Waals surface area contributed by atoms with Gasteiger partial charge in [0.2, 0.25) is 0 Å². The van der Waals surface area contributed by atoms with Gasteiger partial charge in [-0.2, -0.15) is 0 Å². The summed E-state index contributed by atoms with van der Waals surface area (Å²) in [6.45, 7) is 1.83. The van der Waals surface area contributed by atoms with Gasteiger partial charge in [-0.15, -0.1) is 11.8 Å². The molecule has 1 aromatic heterocycles. The van der Waals surface area contributed by atoms with E-state index in [1.54, 1.807) is 37.4 Å². The number of hydrogen-bond acceptors (Lipinski definition) is 6. The van der Waals surface area contributed by atoms with Crippen molar-refractivity contribution in [3.8, 4) is 0 Å². The Morgan fingerprint density at radius 3 is 2.88 bits per heavy atom. The lowest BCUT2D eigenvalue weighted by Crippen LogP contribution is -2.48. The summed E-state index contributed by atoms with van der Waals surface area (Å²) in [5.74, 6) is 0.519. The van der Waals surface area contributed by atoms with E-state index in [1.165, 1.54) is 7.11 Å². The topological polar surface area (TPSA) is 64.1 Å². The molecule has 1 heterocycles. The molecule has 6 heteroatoms. The van der Waals surface area contributed by atoms with Gasteiger partial charge in [0.15, 0.2) is 0 Å². The Labute approximate surface area is 105 Å². The highest BCUT2D eigenvalue weighted by Gasteiger charge is 2.31. The van der Waals surface area contributed by atoms with Gasteiger partial charge < -0.3 is 10.1 Å². The molecular weight excluding hydrogens is 238 g/mol. The number of aromatic nitrogens is 2. The van der Waals surface area contributed by atoms with E-state index in [2.05, 4.69) is 15.3 Å². The first-order valence-corrected chi connectivity index (χ1v) is 6.27. The Kier molecular flexibility index (Phi) is 5.37. The number of thioether (sulfide) groups is 1. The molecule has 0 fully saturated rings. The van der Waals surface area contributed by atoms with Gasteiger partial charge in [0.1, 0.15) is 10.6 Å². The number of nitrogens with zero attached hydrogens (tertiary/aromatic N) is 2. The molecule has 1 N–H and O–H groups in total. The summed E-state index contributed by atoms with van der Waals surface area (Å²) in [4.78, 5) is 19.7. The van der Waals surface area contributed by atoms with Crippen LogP contribution in [0.25, 0.3) is 0 Å². The molecule has 1 atom stereocenters. The normalized spacial score (nSPS) is 14.1. The molecule has 1 rings (SSSR count). The van der Waals surface area contributed by atoms with Crippen LogP contribution in [0.1, 0.15) is 13.3 Å². The Hall–Kier alpha value is -1.14. The minimum absolute atomic E-state index is 0.250. The van der Waals surface area contributed by atoms with Crippen molar-refractivity contribution in [1.29, 1.82) is 0 Å². The minimum Gasteiger partial charge on any atom is -0.468 e. The van der Waals surface area contributed by atoms with Crippen molar-refractivity contribution in [3.05, 3.63) is 18.6 Å². The maximum absolute atomic E-state index is 11.6. The van der Waals surface area contributed by atoms with E-state index in [9.17, 15) is 4.79 Å². The fourth-order valence-corrected chi connectivity index (χ4v) is 2.26. The third kappa shape index (κ3) is 3.98. The summed E-state index contributed by atoms with van der Waals surface area (Å²) in [6.07, 6.45) is 5.66. The van der Waals surface area contributed by atoms with Crippen LogP contribution in [0, 0.1) is 0 Å². The maximum atomic E-state index is 11.6. The largest absolute Gasteiger partial charge is 0.468 e. The van der Waals surface area contributed by atoms with Crippen molar-refractivity contribution in [2.45, 2.75) is 23.9 Å². The van der Waals surface area contributed by atoms with Gasteiger partial charge in [-0.05, 0) is 20.4 Å². The number of carbonyl (C=O) groups is 1. The Morgan fingerprint density at radius 1 is 1.59 bits per heavy atom. The summed E-state index contributed by atoms with van der Waals surface area (Å²) in [5.41, 5.74) is -0.649. The molecule has 0 saturated heterocycles. The van der Waals surface area contributed by atoms with Crippen molar-refractivity contribution < 1.29 is 9.53 Å². The van der Waals surface area contributed by atoms with Crippen LogP contribution in [0.4, 0.5) is 0 Å². The number of esters is 1. The lowest BCUT2D eigenvalue weighted by molar-refractivity contribution is -0.147. The SMILES string of the molecule is CNC(C)(CCSc1cnccn1)C(=O)OC. The van der Waals surface area contributed by atoms with E-state index < -0.39 is 5.54 Å². The first-order chi connectivity index (χ1) is 8.12. The zero-order valence-corrected chi connectivity index (χ0v) is 11.1. The predicted molar refractivity (Wildman–Crippen MR) is 66.9 cm³/mol. The molecule has 0 amide bonds. The predicted octanol–water partition coefficient (Wildman–Crippen LogP) is 1.11. The van der Waals surface area contributed by atoms with Gasteiger partial charge >= 0.3 is 5.97 Å². The second-order valence-corrected chi connectivity index (χ2v) is 4.83. The van der Waals surface area contributed by atoms with Crippen molar-refractivity contribution in [2.24, 2.45) is 0 Å². The highest BCUT2D eigenvalue weighted by Crippen LogP contribution is 2.20. The molecule has 0 aliphatic carbocycles. The summed E-state index contributed by atoms with van der Waals surface area (Å²) in [7, 11) is 3.15. The molecule has 5 nitrogen and oxygen atoms in total. The Balaban J connectivity index is 2.46. The molecule has 1 aromatic rings. The second kappa shape index (κ2) is 6.56. The van der Waals surface area contributed by atoms with Gasteiger partial charge in [-0.1, -0.05) is 0 Å². The molecule has 0 aromatic carbocycles. The van der Waals surface area contributed by atoms with Crippen LogP contribution < -0.4 is 5.32 Å². The van der Waals surface area contributed by atoms with Crippen molar-refractivity contribution in [2.75, 3.05) is 19.9 Å². The van der Waals surface area contributed by atoms with Crippen LogP contribution in [0.3, 0.4) is 0 Å². The van der Waals surface area contributed by atoms with Crippen LogP contribution in [0.5, 0.6) is 0 Å². The first-order valence-electron chi connectivity index (χ1n) is 5.28. The van der Waals surface area contributed by atoms with E-state index >= 15 is 0 Å². The number of ether oxygens (including phenoxy) is 1. The molecule has 0 spiro atoms. The van der Waals surface area contributed by atoms with E-state index in [4.69, 9.17) is 4.74 Å². The molecule has 0 aliphatic heterocycles. The fourth-order valence-electron chi connectivity index (χ4n) is 1.27. The van der Waals surface area contributed by atoms with E-state index in [1.807, 2.05) is 6.92 Å². The molecule has 0 saturated carbocycles. The fraction of sp³-hybridized carbons (Fsp3) is 0.545. The summed E-state index contributed by atoms with van der Waals surface area (Å²) in [5, 5.41) is 3.85. The zero-order valence-electron chi connectivity index (χ0n) is 10.3. The number of hydrogen-bond donors (Lipinski definition) is 1. The monoisotopic (exact) mass is 255 g/mol. The number of carbonyl (C=O) groups excluding carboxylic acids is 1. The molecule has 17 heavy (non-hydrogen) atoms. The van der Waals surface area contributed by atoms with Crippen LogP contribution in [-0.2, 0) is 9.53 Å². The molecule has 0 radical (unpaired) electrons. The molecule has 0 aliphatic rings. The molecule has 1 unspecified atom stereocenters.